The van der Waals surface area contributed by atoms with Gasteiger partial charge in [0.05, 0.1) is 18.4 Å². The highest BCUT2D eigenvalue weighted by Crippen LogP contribution is 2.27. The highest BCUT2D eigenvalue weighted by atomic mass is 16.5. The maximum absolute atomic E-state index is 11.9. The van der Waals surface area contributed by atoms with Crippen molar-refractivity contribution < 1.29 is 14.0 Å². The van der Waals surface area contributed by atoms with Gasteiger partial charge in [-0.25, -0.2) is 0 Å². The number of fused-ring (bicyclic) bond motifs is 1. The Hall–Kier alpha value is -3.00. The molecule has 1 aliphatic rings. The van der Waals surface area contributed by atoms with Crippen molar-refractivity contribution in [2.45, 2.75) is 39.8 Å². The van der Waals surface area contributed by atoms with Crippen LogP contribution in [0.25, 0.3) is 0 Å². The average molecular weight is 398 g/mol. The molecule has 1 aromatic carbocycles. The van der Waals surface area contributed by atoms with E-state index in [4.69, 9.17) is 14.0 Å². The molecule has 0 radical (unpaired) electrons. The molecular weight excluding hydrogens is 372 g/mol. The molecule has 0 unspecified atom stereocenters. The van der Waals surface area contributed by atoms with Gasteiger partial charge in [-0.1, -0.05) is 5.16 Å². The Bertz CT molecular complexity index is 1030. The summed E-state index contributed by atoms with van der Waals surface area (Å²) < 4.78 is 16.8. The molecule has 3 aromatic rings. The first-order valence-electron chi connectivity index (χ1n) is 9.77. The molecule has 2 aromatic heterocycles. The van der Waals surface area contributed by atoms with Gasteiger partial charge in [-0.05, 0) is 38.5 Å². The molecule has 0 amide bonds. The molecule has 154 valence electrons. The second-order valence-corrected chi connectivity index (χ2v) is 7.38. The zero-order valence-electron chi connectivity index (χ0n) is 17.0. The van der Waals surface area contributed by atoms with Crippen LogP contribution in [-0.2, 0) is 26.0 Å². The fourth-order valence-electron chi connectivity index (χ4n) is 3.78. The summed E-state index contributed by atoms with van der Waals surface area (Å²) in [5, 5.41) is 9.65. The summed E-state index contributed by atoms with van der Waals surface area (Å²) in [5.41, 5.74) is 4.76. The van der Waals surface area contributed by atoms with Crippen molar-refractivity contribution in [2.75, 3.05) is 20.2 Å². The Balaban J connectivity index is 1.46. The number of aryl methyl sites for hydroxylation is 2. The number of H-pyrrole nitrogens is 2. The molecule has 1 aliphatic heterocycles. The van der Waals surface area contributed by atoms with Crippen molar-refractivity contribution in [1.82, 2.24) is 20.3 Å². The summed E-state index contributed by atoms with van der Waals surface area (Å²) >= 11 is 0. The zero-order valence-corrected chi connectivity index (χ0v) is 17.0. The molecule has 0 atom stereocenters. The van der Waals surface area contributed by atoms with Gasteiger partial charge >= 0.3 is 0 Å². The molecule has 4 rings (SSSR count). The maximum Gasteiger partial charge on any atom is 0.267 e. The van der Waals surface area contributed by atoms with Crippen LogP contribution in [0.1, 0.15) is 33.8 Å². The third-order valence-electron chi connectivity index (χ3n) is 5.53. The Kier molecular flexibility index (Phi) is 5.44. The summed E-state index contributed by atoms with van der Waals surface area (Å²) in [6.07, 6.45) is 1.55. The van der Waals surface area contributed by atoms with E-state index in [2.05, 4.69) is 20.3 Å². The summed E-state index contributed by atoms with van der Waals surface area (Å²) in [4.78, 5) is 14.2. The monoisotopic (exact) mass is 398 g/mol. The van der Waals surface area contributed by atoms with E-state index in [9.17, 15) is 4.79 Å². The van der Waals surface area contributed by atoms with Crippen molar-refractivity contribution in [3.63, 3.8) is 0 Å². The summed E-state index contributed by atoms with van der Waals surface area (Å²) in [5.74, 6) is 2.38. The fraction of sp³-hybridized carbons (Fsp3) is 0.429. The molecule has 3 heterocycles. The first kappa shape index (κ1) is 19.3. The minimum Gasteiger partial charge on any atom is -0.496 e. The molecule has 0 saturated heterocycles. The fourth-order valence-corrected chi connectivity index (χ4v) is 3.78. The number of nitrogens with one attached hydrogen (secondary N) is 2. The zero-order chi connectivity index (χ0) is 20.4. The number of rotatable bonds is 6. The van der Waals surface area contributed by atoms with E-state index >= 15 is 0 Å². The van der Waals surface area contributed by atoms with Crippen LogP contribution >= 0.6 is 0 Å². The Labute approximate surface area is 168 Å². The minimum absolute atomic E-state index is 0.00542. The van der Waals surface area contributed by atoms with Gasteiger partial charge in [0.25, 0.3) is 5.56 Å². The number of aromatic amines is 2. The number of methoxy groups -OCH3 is 1. The van der Waals surface area contributed by atoms with Crippen LogP contribution in [0.2, 0.25) is 0 Å². The van der Waals surface area contributed by atoms with Crippen LogP contribution in [-0.4, -0.2) is 40.5 Å². The second kappa shape index (κ2) is 8.16. The number of nitrogens with zero attached hydrogens (tertiary/aromatic N) is 2. The summed E-state index contributed by atoms with van der Waals surface area (Å²) in [6.45, 7) is 6.63. The maximum atomic E-state index is 11.9. The lowest BCUT2D eigenvalue weighted by Gasteiger charge is -2.21. The first-order chi connectivity index (χ1) is 14.0. The average Bonchev–Trinajstić information content (AvgIpc) is 3.15. The lowest BCUT2D eigenvalue weighted by molar-refractivity contribution is 0.270. The molecule has 0 saturated carbocycles. The second-order valence-electron chi connectivity index (χ2n) is 7.38. The summed E-state index contributed by atoms with van der Waals surface area (Å²) in [6, 6.07) is 5.87. The highest BCUT2D eigenvalue weighted by Gasteiger charge is 2.19. The van der Waals surface area contributed by atoms with Crippen molar-refractivity contribution in [2.24, 2.45) is 0 Å². The van der Waals surface area contributed by atoms with Crippen LogP contribution in [0, 0.1) is 13.8 Å². The predicted octanol–water partition coefficient (Wildman–Crippen LogP) is 2.50. The van der Waals surface area contributed by atoms with Crippen molar-refractivity contribution >= 4 is 0 Å². The van der Waals surface area contributed by atoms with Gasteiger partial charge in [0, 0.05) is 42.9 Å². The van der Waals surface area contributed by atoms with E-state index < -0.39 is 0 Å². The molecule has 8 heteroatoms. The molecular formula is C21H26N4O4. The van der Waals surface area contributed by atoms with Gasteiger partial charge < -0.3 is 19.1 Å². The van der Waals surface area contributed by atoms with E-state index in [0.717, 1.165) is 77.8 Å². The van der Waals surface area contributed by atoms with Crippen molar-refractivity contribution in [1.29, 1.82) is 0 Å². The third kappa shape index (κ3) is 4.07. The number of ether oxygens (including phenoxy) is 2. The van der Waals surface area contributed by atoms with Crippen LogP contribution in [0.4, 0.5) is 0 Å². The molecule has 2 N–H and O–H groups in total. The molecule has 0 fully saturated rings. The van der Waals surface area contributed by atoms with Crippen LogP contribution in [0.5, 0.6) is 11.5 Å². The van der Waals surface area contributed by atoms with E-state index in [1.807, 2.05) is 32.0 Å². The first-order valence-corrected chi connectivity index (χ1v) is 9.77. The normalized spacial score (nSPS) is 14.4. The number of hydrogen-bond donors (Lipinski definition) is 2. The molecule has 29 heavy (non-hydrogen) atoms. The van der Waals surface area contributed by atoms with Gasteiger partial charge in [-0.15, -0.1) is 0 Å². The molecule has 0 bridgehead atoms. The van der Waals surface area contributed by atoms with E-state index in [1.165, 1.54) is 0 Å². The summed E-state index contributed by atoms with van der Waals surface area (Å²) in [7, 11) is 1.68. The number of hydrogen-bond acceptors (Lipinski definition) is 6. The Morgan fingerprint density at radius 1 is 1.21 bits per heavy atom. The van der Waals surface area contributed by atoms with Gasteiger partial charge in [0.15, 0.2) is 0 Å². The predicted molar refractivity (Wildman–Crippen MR) is 107 cm³/mol. The SMILES string of the molecule is COc1ccc(OCc2c(C)noc2C)cc1CN1CCc2[nH][nH]c(=O)c2CC1. The van der Waals surface area contributed by atoms with Crippen molar-refractivity contribution in [3.8, 4) is 11.5 Å². The van der Waals surface area contributed by atoms with Gasteiger partial charge in [-0.2, -0.15) is 0 Å². The van der Waals surface area contributed by atoms with E-state index in [1.54, 1.807) is 7.11 Å². The van der Waals surface area contributed by atoms with Gasteiger partial charge in [-0.3, -0.25) is 14.8 Å². The van der Waals surface area contributed by atoms with E-state index in [-0.39, 0.29) is 5.56 Å². The van der Waals surface area contributed by atoms with Crippen molar-refractivity contribution in [3.05, 3.63) is 62.4 Å². The number of benzene rings is 1. The highest BCUT2D eigenvalue weighted by molar-refractivity contribution is 5.40. The third-order valence-corrected chi connectivity index (χ3v) is 5.53. The topological polar surface area (TPSA) is 96.4 Å². The lowest BCUT2D eigenvalue weighted by atomic mass is 10.1. The Morgan fingerprint density at radius 3 is 2.79 bits per heavy atom. The van der Waals surface area contributed by atoms with Gasteiger partial charge in [0.2, 0.25) is 0 Å². The standard InChI is InChI=1S/C21H26N4O4/c1-13-18(14(2)29-24-13)12-28-16-4-5-20(27-3)15(10-16)11-25-8-6-17-19(7-9-25)22-23-21(17)26/h4-5,10H,6-9,11-12H2,1-3H3,(H2,22,23,26). The van der Waals surface area contributed by atoms with E-state index in [0.29, 0.717) is 6.61 Å². The smallest absolute Gasteiger partial charge is 0.267 e. The lowest BCUT2D eigenvalue weighted by Crippen LogP contribution is -2.27. The number of aromatic nitrogens is 3. The van der Waals surface area contributed by atoms with Crippen LogP contribution in [0.3, 0.4) is 0 Å². The molecule has 0 spiro atoms. The minimum atomic E-state index is -0.00542. The van der Waals surface area contributed by atoms with Gasteiger partial charge in [0.1, 0.15) is 23.9 Å². The van der Waals surface area contributed by atoms with Crippen LogP contribution < -0.4 is 15.0 Å². The Morgan fingerprint density at radius 2 is 2.03 bits per heavy atom. The molecule has 8 nitrogen and oxygen atoms in total. The largest absolute Gasteiger partial charge is 0.496 e. The quantitative estimate of drug-likeness (QED) is 0.662. The molecule has 0 aliphatic carbocycles. The van der Waals surface area contributed by atoms with Crippen LogP contribution in [0.15, 0.2) is 27.5 Å².